The molecule has 0 N–H and O–H groups in total. The summed E-state index contributed by atoms with van der Waals surface area (Å²) < 4.78 is 17.9. The standard InChI is InChI=1S/C19H21NO2S2/c1-19(2,3)15-8-6-14(7-9-15)12-24(21)13-16-11-22-18(20-16)17-5-4-10-23-17/h4-11H,12-13H2,1-3H3/t24-/m0/s1. The Morgan fingerprint density at radius 3 is 2.50 bits per heavy atom. The Bertz CT molecular complexity index is 812. The third-order valence-corrected chi connectivity index (χ3v) is 5.87. The van der Waals surface area contributed by atoms with E-state index in [0.29, 0.717) is 17.4 Å². The van der Waals surface area contributed by atoms with Gasteiger partial charge in [-0.3, -0.25) is 4.21 Å². The molecule has 3 nitrogen and oxygen atoms in total. The summed E-state index contributed by atoms with van der Waals surface area (Å²) in [6.07, 6.45) is 1.61. The molecule has 0 spiro atoms. The Morgan fingerprint density at radius 2 is 1.88 bits per heavy atom. The average molecular weight is 360 g/mol. The summed E-state index contributed by atoms with van der Waals surface area (Å²) in [7, 11) is -1.00. The van der Waals surface area contributed by atoms with Crippen LogP contribution in [0.5, 0.6) is 0 Å². The van der Waals surface area contributed by atoms with Crippen molar-refractivity contribution in [2.24, 2.45) is 0 Å². The van der Waals surface area contributed by atoms with Crippen molar-refractivity contribution < 1.29 is 8.63 Å². The molecule has 2 heterocycles. The molecule has 0 aliphatic rings. The molecule has 126 valence electrons. The van der Waals surface area contributed by atoms with Gasteiger partial charge in [-0.15, -0.1) is 11.3 Å². The second kappa shape index (κ2) is 7.03. The molecule has 1 atom stereocenters. The van der Waals surface area contributed by atoms with Crippen LogP contribution in [-0.2, 0) is 27.7 Å². The van der Waals surface area contributed by atoms with Crippen molar-refractivity contribution >= 4 is 22.1 Å². The van der Waals surface area contributed by atoms with E-state index in [9.17, 15) is 4.21 Å². The number of benzene rings is 1. The summed E-state index contributed by atoms with van der Waals surface area (Å²) in [6, 6.07) is 12.3. The van der Waals surface area contributed by atoms with E-state index >= 15 is 0 Å². The number of aromatic nitrogens is 1. The zero-order valence-electron chi connectivity index (χ0n) is 14.1. The van der Waals surface area contributed by atoms with Crippen LogP contribution in [0.15, 0.2) is 52.5 Å². The number of rotatable bonds is 5. The van der Waals surface area contributed by atoms with Gasteiger partial charge in [-0.1, -0.05) is 51.1 Å². The minimum Gasteiger partial charge on any atom is -0.444 e. The lowest BCUT2D eigenvalue weighted by Gasteiger charge is -2.19. The fourth-order valence-corrected chi connectivity index (χ4v) is 4.17. The monoisotopic (exact) mass is 359 g/mol. The van der Waals surface area contributed by atoms with E-state index in [1.165, 1.54) is 5.56 Å². The molecule has 0 bridgehead atoms. The van der Waals surface area contributed by atoms with Gasteiger partial charge in [0.05, 0.1) is 16.3 Å². The highest BCUT2D eigenvalue weighted by atomic mass is 32.2. The Morgan fingerprint density at radius 1 is 1.12 bits per heavy atom. The highest BCUT2D eigenvalue weighted by Crippen LogP contribution is 2.25. The summed E-state index contributed by atoms with van der Waals surface area (Å²) in [5.41, 5.74) is 3.25. The van der Waals surface area contributed by atoms with E-state index in [4.69, 9.17) is 4.42 Å². The van der Waals surface area contributed by atoms with Crippen LogP contribution < -0.4 is 0 Å². The summed E-state index contributed by atoms with van der Waals surface area (Å²) in [4.78, 5) is 5.42. The van der Waals surface area contributed by atoms with E-state index < -0.39 is 10.8 Å². The lowest BCUT2D eigenvalue weighted by atomic mass is 9.87. The molecular weight excluding hydrogens is 338 g/mol. The molecule has 0 unspecified atom stereocenters. The lowest BCUT2D eigenvalue weighted by molar-refractivity contribution is 0.574. The molecule has 3 rings (SSSR count). The maximum absolute atomic E-state index is 12.4. The summed E-state index contributed by atoms with van der Waals surface area (Å²) in [6.45, 7) is 6.57. The lowest BCUT2D eigenvalue weighted by Crippen LogP contribution is -2.10. The molecule has 2 aromatic heterocycles. The molecule has 0 saturated carbocycles. The SMILES string of the molecule is CC(C)(C)c1ccc(C[S@](=O)Cc2coc(-c3cccs3)n2)cc1. The van der Waals surface area contributed by atoms with Crippen LogP contribution in [0.3, 0.4) is 0 Å². The largest absolute Gasteiger partial charge is 0.444 e. The van der Waals surface area contributed by atoms with E-state index in [-0.39, 0.29) is 5.41 Å². The van der Waals surface area contributed by atoms with Crippen molar-refractivity contribution in [2.45, 2.75) is 37.7 Å². The molecule has 0 radical (unpaired) electrons. The molecule has 5 heteroatoms. The molecule has 0 amide bonds. The van der Waals surface area contributed by atoms with Gasteiger partial charge >= 0.3 is 0 Å². The molecule has 24 heavy (non-hydrogen) atoms. The van der Waals surface area contributed by atoms with Crippen molar-refractivity contribution in [3.05, 3.63) is 64.9 Å². The normalized spacial score (nSPS) is 13.1. The van der Waals surface area contributed by atoms with Crippen LogP contribution in [0.4, 0.5) is 0 Å². The van der Waals surface area contributed by atoms with Crippen molar-refractivity contribution in [2.75, 3.05) is 0 Å². The van der Waals surface area contributed by atoms with Crippen LogP contribution in [0.2, 0.25) is 0 Å². The van der Waals surface area contributed by atoms with Gasteiger partial charge in [-0.2, -0.15) is 0 Å². The first-order valence-corrected chi connectivity index (χ1v) is 10.2. The van der Waals surface area contributed by atoms with Gasteiger partial charge in [-0.05, 0) is 28.0 Å². The van der Waals surface area contributed by atoms with Crippen molar-refractivity contribution in [1.82, 2.24) is 4.98 Å². The second-order valence-electron chi connectivity index (χ2n) is 6.80. The van der Waals surface area contributed by atoms with Gasteiger partial charge in [0.15, 0.2) is 0 Å². The Hall–Kier alpha value is -1.72. The second-order valence-corrected chi connectivity index (χ2v) is 9.20. The molecule has 1 aromatic carbocycles. The first-order chi connectivity index (χ1) is 11.4. The number of oxazole rings is 1. The van der Waals surface area contributed by atoms with E-state index in [2.05, 4.69) is 50.0 Å². The average Bonchev–Trinajstić information content (AvgIpc) is 3.17. The minimum atomic E-state index is -1.00. The van der Waals surface area contributed by atoms with E-state index in [1.54, 1.807) is 17.6 Å². The third kappa shape index (κ3) is 4.22. The Kier molecular flexibility index (Phi) is 5.01. The van der Waals surface area contributed by atoms with Crippen LogP contribution in [0.1, 0.15) is 37.6 Å². The fraction of sp³-hybridized carbons (Fsp3) is 0.316. The summed E-state index contributed by atoms with van der Waals surface area (Å²) in [5.74, 6) is 1.55. The van der Waals surface area contributed by atoms with Gasteiger partial charge in [0.2, 0.25) is 5.89 Å². The molecule has 3 aromatic rings. The smallest absolute Gasteiger partial charge is 0.236 e. The first kappa shape index (κ1) is 17.1. The van der Waals surface area contributed by atoms with E-state index in [0.717, 1.165) is 16.1 Å². The van der Waals surface area contributed by atoms with Crippen LogP contribution >= 0.6 is 11.3 Å². The molecular formula is C19H21NO2S2. The highest BCUT2D eigenvalue weighted by Gasteiger charge is 2.14. The third-order valence-electron chi connectivity index (χ3n) is 3.74. The maximum Gasteiger partial charge on any atom is 0.236 e. The van der Waals surface area contributed by atoms with Crippen molar-refractivity contribution in [3.63, 3.8) is 0 Å². The number of hydrogen-bond acceptors (Lipinski definition) is 4. The van der Waals surface area contributed by atoms with Crippen LogP contribution in [-0.4, -0.2) is 9.19 Å². The van der Waals surface area contributed by atoms with Gasteiger partial charge < -0.3 is 4.42 Å². The van der Waals surface area contributed by atoms with Crippen LogP contribution in [0, 0.1) is 0 Å². The summed E-state index contributed by atoms with van der Waals surface area (Å²) in [5, 5.41) is 1.98. The minimum absolute atomic E-state index is 0.136. The quantitative estimate of drug-likeness (QED) is 0.633. The molecule has 0 saturated heterocycles. The van der Waals surface area contributed by atoms with Crippen molar-refractivity contribution in [3.8, 4) is 10.8 Å². The van der Waals surface area contributed by atoms with Gasteiger partial charge in [-0.25, -0.2) is 4.98 Å². The molecule has 0 aliphatic carbocycles. The predicted octanol–water partition coefficient (Wildman–Crippen LogP) is 5.15. The topological polar surface area (TPSA) is 43.1 Å². The van der Waals surface area contributed by atoms with Gasteiger partial charge in [0.1, 0.15) is 6.26 Å². The van der Waals surface area contributed by atoms with Crippen LogP contribution in [0.25, 0.3) is 10.8 Å². The van der Waals surface area contributed by atoms with E-state index in [1.807, 2.05) is 17.5 Å². The summed E-state index contributed by atoms with van der Waals surface area (Å²) >= 11 is 1.58. The Balaban J connectivity index is 1.62. The number of nitrogens with zero attached hydrogens (tertiary/aromatic N) is 1. The highest BCUT2D eigenvalue weighted by molar-refractivity contribution is 7.83. The number of thiophene rings is 1. The van der Waals surface area contributed by atoms with Crippen molar-refractivity contribution in [1.29, 1.82) is 0 Å². The molecule has 0 fully saturated rings. The van der Waals surface area contributed by atoms with Gasteiger partial charge in [0, 0.05) is 16.6 Å². The predicted molar refractivity (Wildman–Crippen MR) is 101 cm³/mol. The maximum atomic E-state index is 12.4. The molecule has 0 aliphatic heterocycles. The Labute approximate surface area is 149 Å². The number of hydrogen-bond donors (Lipinski definition) is 0. The van der Waals surface area contributed by atoms with Gasteiger partial charge in [0.25, 0.3) is 0 Å². The zero-order chi connectivity index (χ0) is 17.2. The first-order valence-electron chi connectivity index (χ1n) is 7.84. The zero-order valence-corrected chi connectivity index (χ0v) is 15.7. The fourth-order valence-electron chi connectivity index (χ4n) is 2.39.